The third kappa shape index (κ3) is 2.95. The SMILES string of the molecule is O=C(CN1CCCC1=O)NCC(O)C1CC1. The molecule has 2 rings (SSSR count). The van der Waals surface area contributed by atoms with Crippen molar-refractivity contribution in [1.29, 1.82) is 0 Å². The molecule has 1 saturated carbocycles. The highest BCUT2D eigenvalue weighted by molar-refractivity contribution is 5.85. The van der Waals surface area contributed by atoms with Gasteiger partial charge in [0.05, 0.1) is 12.6 Å². The molecule has 0 radical (unpaired) electrons. The molecule has 90 valence electrons. The molecule has 0 spiro atoms. The van der Waals surface area contributed by atoms with Gasteiger partial charge in [-0.25, -0.2) is 0 Å². The Morgan fingerprint density at radius 2 is 2.31 bits per heavy atom. The zero-order chi connectivity index (χ0) is 11.5. The van der Waals surface area contributed by atoms with Crippen molar-refractivity contribution >= 4 is 11.8 Å². The second-order valence-corrected chi connectivity index (χ2v) is 4.63. The van der Waals surface area contributed by atoms with E-state index in [9.17, 15) is 14.7 Å². The van der Waals surface area contributed by atoms with E-state index in [1.807, 2.05) is 0 Å². The fourth-order valence-corrected chi connectivity index (χ4v) is 1.97. The summed E-state index contributed by atoms with van der Waals surface area (Å²) in [5, 5.41) is 12.2. The molecule has 0 aromatic carbocycles. The van der Waals surface area contributed by atoms with Crippen LogP contribution in [0.5, 0.6) is 0 Å². The monoisotopic (exact) mass is 226 g/mol. The van der Waals surface area contributed by atoms with Gasteiger partial charge in [-0.3, -0.25) is 9.59 Å². The molecule has 0 aromatic rings. The van der Waals surface area contributed by atoms with Crippen LogP contribution in [0.1, 0.15) is 25.7 Å². The van der Waals surface area contributed by atoms with Crippen molar-refractivity contribution in [2.45, 2.75) is 31.8 Å². The van der Waals surface area contributed by atoms with Gasteiger partial charge in [0.25, 0.3) is 0 Å². The first-order valence-electron chi connectivity index (χ1n) is 5.89. The summed E-state index contributed by atoms with van der Waals surface area (Å²) in [7, 11) is 0. The highest BCUT2D eigenvalue weighted by Gasteiger charge is 2.30. The van der Waals surface area contributed by atoms with Crippen molar-refractivity contribution < 1.29 is 14.7 Å². The predicted molar refractivity (Wildman–Crippen MR) is 57.6 cm³/mol. The summed E-state index contributed by atoms with van der Waals surface area (Å²) >= 11 is 0. The van der Waals surface area contributed by atoms with E-state index < -0.39 is 6.10 Å². The fourth-order valence-electron chi connectivity index (χ4n) is 1.97. The largest absolute Gasteiger partial charge is 0.391 e. The number of amides is 2. The van der Waals surface area contributed by atoms with E-state index >= 15 is 0 Å². The molecular formula is C11H18N2O3. The molecule has 1 heterocycles. The molecule has 16 heavy (non-hydrogen) atoms. The van der Waals surface area contributed by atoms with Crippen LogP contribution in [0.3, 0.4) is 0 Å². The van der Waals surface area contributed by atoms with Gasteiger partial charge in [0.2, 0.25) is 11.8 Å². The fraction of sp³-hybridized carbons (Fsp3) is 0.818. The van der Waals surface area contributed by atoms with E-state index in [1.54, 1.807) is 4.90 Å². The molecule has 1 aliphatic heterocycles. The molecular weight excluding hydrogens is 208 g/mol. The first kappa shape index (κ1) is 11.4. The smallest absolute Gasteiger partial charge is 0.239 e. The zero-order valence-corrected chi connectivity index (χ0v) is 9.32. The van der Waals surface area contributed by atoms with Crippen molar-refractivity contribution in [2.24, 2.45) is 5.92 Å². The first-order valence-corrected chi connectivity index (χ1v) is 5.89. The molecule has 1 aliphatic carbocycles. The number of hydrogen-bond acceptors (Lipinski definition) is 3. The predicted octanol–water partition coefficient (Wildman–Crippen LogP) is -0.504. The Labute approximate surface area is 94.8 Å². The van der Waals surface area contributed by atoms with Crippen LogP contribution in [0.2, 0.25) is 0 Å². The Kier molecular flexibility index (Phi) is 3.43. The second-order valence-electron chi connectivity index (χ2n) is 4.63. The standard InChI is InChI=1S/C11H18N2O3/c14-9(8-3-4-8)6-12-10(15)7-13-5-1-2-11(13)16/h8-9,14H,1-7H2,(H,12,15). The van der Waals surface area contributed by atoms with Gasteiger partial charge in [-0.2, -0.15) is 0 Å². The van der Waals surface area contributed by atoms with Gasteiger partial charge in [0, 0.05) is 19.5 Å². The molecule has 2 aliphatic rings. The second kappa shape index (κ2) is 4.82. The maximum atomic E-state index is 11.5. The summed E-state index contributed by atoms with van der Waals surface area (Å²) in [4.78, 5) is 24.3. The molecule has 0 aromatic heterocycles. The Morgan fingerprint density at radius 3 is 2.88 bits per heavy atom. The van der Waals surface area contributed by atoms with E-state index in [4.69, 9.17) is 0 Å². The lowest BCUT2D eigenvalue weighted by atomic mass is 10.2. The van der Waals surface area contributed by atoms with E-state index in [0.29, 0.717) is 25.4 Å². The van der Waals surface area contributed by atoms with E-state index in [2.05, 4.69) is 5.32 Å². The van der Waals surface area contributed by atoms with Gasteiger partial charge < -0.3 is 15.3 Å². The van der Waals surface area contributed by atoms with Gasteiger partial charge in [-0.1, -0.05) is 0 Å². The minimum absolute atomic E-state index is 0.0536. The number of carbonyl (C=O) groups excluding carboxylic acids is 2. The summed E-state index contributed by atoms with van der Waals surface area (Å²) in [6, 6.07) is 0. The van der Waals surface area contributed by atoms with Gasteiger partial charge >= 0.3 is 0 Å². The van der Waals surface area contributed by atoms with Crippen LogP contribution in [0.4, 0.5) is 0 Å². The average molecular weight is 226 g/mol. The number of nitrogens with one attached hydrogen (secondary N) is 1. The van der Waals surface area contributed by atoms with Crippen molar-refractivity contribution in [3.8, 4) is 0 Å². The Morgan fingerprint density at radius 1 is 1.56 bits per heavy atom. The van der Waals surface area contributed by atoms with Gasteiger partial charge in [-0.15, -0.1) is 0 Å². The molecule has 5 heteroatoms. The maximum absolute atomic E-state index is 11.5. The topological polar surface area (TPSA) is 69.6 Å². The quantitative estimate of drug-likeness (QED) is 0.663. The molecule has 2 fully saturated rings. The summed E-state index contributed by atoms with van der Waals surface area (Å²) in [6.07, 6.45) is 3.09. The van der Waals surface area contributed by atoms with Gasteiger partial charge in [0.15, 0.2) is 0 Å². The van der Waals surface area contributed by atoms with Gasteiger partial charge in [0.1, 0.15) is 0 Å². The van der Waals surface area contributed by atoms with Crippen LogP contribution in [0.25, 0.3) is 0 Å². The molecule has 0 bridgehead atoms. The first-order chi connectivity index (χ1) is 7.66. The molecule has 2 amide bonds. The summed E-state index contributed by atoms with van der Waals surface area (Å²) < 4.78 is 0. The third-order valence-electron chi connectivity index (χ3n) is 3.18. The Balaban J connectivity index is 1.65. The number of likely N-dealkylation sites (tertiary alicyclic amines) is 1. The third-order valence-corrected chi connectivity index (χ3v) is 3.18. The number of aliphatic hydroxyl groups is 1. The van der Waals surface area contributed by atoms with Crippen LogP contribution < -0.4 is 5.32 Å². The van der Waals surface area contributed by atoms with E-state index in [-0.39, 0.29) is 18.4 Å². The minimum Gasteiger partial charge on any atom is -0.391 e. The molecule has 1 saturated heterocycles. The van der Waals surface area contributed by atoms with Crippen LogP contribution in [-0.2, 0) is 9.59 Å². The molecule has 1 unspecified atom stereocenters. The summed E-state index contributed by atoms with van der Waals surface area (Å²) in [5.41, 5.74) is 0. The summed E-state index contributed by atoms with van der Waals surface area (Å²) in [6.45, 7) is 1.12. The minimum atomic E-state index is -0.418. The number of aliphatic hydroxyl groups excluding tert-OH is 1. The van der Waals surface area contributed by atoms with Gasteiger partial charge in [-0.05, 0) is 25.2 Å². The molecule has 2 N–H and O–H groups in total. The lowest BCUT2D eigenvalue weighted by molar-refractivity contribution is -0.133. The molecule has 5 nitrogen and oxygen atoms in total. The number of hydrogen-bond donors (Lipinski definition) is 2. The Hall–Kier alpha value is -1.10. The van der Waals surface area contributed by atoms with Crippen molar-refractivity contribution in [3.05, 3.63) is 0 Å². The van der Waals surface area contributed by atoms with E-state index in [0.717, 1.165) is 19.3 Å². The molecule has 1 atom stereocenters. The van der Waals surface area contributed by atoms with Crippen LogP contribution in [0.15, 0.2) is 0 Å². The Bertz CT molecular complexity index is 289. The highest BCUT2D eigenvalue weighted by atomic mass is 16.3. The average Bonchev–Trinajstić information content (AvgIpc) is 3.02. The lowest BCUT2D eigenvalue weighted by Gasteiger charge is -2.16. The van der Waals surface area contributed by atoms with Crippen molar-refractivity contribution in [2.75, 3.05) is 19.6 Å². The maximum Gasteiger partial charge on any atom is 0.239 e. The van der Waals surface area contributed by atoms with E-state index in [1.165, 1.54) is 0 Å². The summed E-state index contributed by atoms with van der Waals surface area (Å²) in [5.74, 6) is 0.251. The van der Waals surface area contributed by atoms with Crippen LogP contribution in [-0.4, -0.2) is 47.6 Å². The zero-order valence-electron chi connectivity index (χ0n) is 9.32. The normalized spacial score (nSPS) is 22.3. The highest BCUT2D eigenvalue weighted by Crippen LogP contribution is 2.32. The number of nitrogens with zero attached hydrogens (tertiary/aromatic N) is 1. The lowest BCUT2D eigenvalue weighted by Crippen LogP contribution is -2.41. The van der Waals surface area contributed by atoms with Crippen LogP contribution in [0, 0.1) is 5.92 Å². The van der Waals surface area contributed by atoms with Crippen LogP contribution >= 0.6 is 0 Å². The van der Waals surface area contributed by atoms with Crippen molar-refractivity contribution in [1.82, 2.24) is 10.2 Å². The number of rotatable bonds is 5. The van der Waals surface area contributed by atoms with Crippen molar-refractivity contribution in [3.63, 3.8) is 0 Å². The number of carbonyl (C=O) groups is 2.